The zero-order chi connectivity index (χ0) is 19.5. The Morgan fingerprint density at radius 2 is 2.14 bits per heavy atom. The van der Waals surface area contributed by atoms with E-state index in [9.17, 15) is 9.90 Å². The molecule has 3 aromatic rings. The van der Waals surface area contributed by atoms with Crippen LogP contribution in [-0.2, 0) is 4.74 Å². The fraction of sp³-hybridized carbons (Fsp3) is 0.316. The van der Waals surface area contributed by atoms with Crippen molar-refractivity contribution in [3.05, 3.63) is 51.6 Å². The number of nitrogens with zero attached hydrogens (tertiary/aromatic N) is 3. The van der Waals surface area contributed by atoms with Gasteiger partial charge in [0.25, 0.3) is 0 Å². The van der Waals surface area contributed by atoms with Crippen LogP contribution in [0, 0.1) is 0 Å². The maximum atomic E-state index is 12.6. The molecule has 1 aliphatic rings. The number of rotatable bonds is 6. The maximum absolute atomic E-state index is 12.6. The number of hydrogen-bond donors (Lipinski definition) is 2. The Morgan fingerprint density at radius 1 is 1.32 bits per heavy atom. The summed E-state index contributed by atoms with van der Waals surface area (Å²) >= 11 is 0.999. The Morgan fingerprint density at radius 3 is 2.89 bits per heavy atom. The first kappa shape index (κ1) is 18.6. The van der Waals surface area contributed by atoms with Gasteiger partial charge in [-0.25, -0.2) is 0 Å². The number of ether oxygens (including phenoxy) is 2. The topological polar surface area (TPSA) is 112 Å². The molecule has 4 rings (SSSR count). The molecule has 28 heavy (non-hydrogen) atoms. The highest BCUT2D eigenvalue weighted by Crippen LogP contribution is 2.33. The van der Waals surface area contributed by atoms with Gasteiger partial charge in [0.05, 0.1) is 12.7 Å². The van der Waals surface area contributed by atoms with Crippen LogP contribution in [0.5, 0.6) is 5.88 Å². The van der Waals surface area contributed by atoms with Crippen molar-refractivity contribution in [3.8, 4) is 5.88 Å². The minimum atomic E-state index is -0.474. The van der Waals surface area contributed by atoms with Gasteiger partial charge in [0.2, 0.25) is 11.8 Å². The third-order valence-corrected chi connectivity index (χ3v) is 5.38. The van der Waals surface area contributed by atoms with Gasteiger partial charge in [-0.05, 0) is 24.5 Å². The molecule has 146 valence electrons. The summed E-state index contributed by atoms with van der Waals surface area (Å²) in [5.74, 6) is 0.301. The standard InChI is InChI=1S/C19H20N4O4S/c20-18-21-16-15(28-19(25)23(16)14-9-8-13(11-24)27-14)17(22-18)26-10-4-7-12-5-2-1-3-6-12/h1-7,13-14,24H,8-11H2,(H2,20,21,22)/b7-4+/t13-,14+/m0/s1. The first-order valence-electron chi connectivity index (χ1n) is 8.95. The van der Waals surface area contributed by atoms with Crippen molar-refractivity contribution in [2.24, 2.45) is 0 Å². The van der Waals surface area contributed by atoms with E-state index in [0.717, 1.165) is 16.9 Å². The number of benzene rings is 1. The van der Waals surface area contributed by atoms with E-state index in [1.807, 2.05) is 42.5 Å². The first-order chi connectivity index (χ1) is 13.7. The Bertz CT molecular complexity index is 1050. The van der Waals surface area contributed by atoms with Crippen molar-refractivity contribution in [2.45, 2.75) is 25.2 Å². The number of thiazole rings is 1. The number of anilines is 1. The molecule has 9 heteroatoms. The maximum Gasteiger partial charge on any atom is 0.311 e. The molecule has 1 saturated heterocycles. The molecule has 0 amide bonds. The van der Waals surface area contributed by atoms with E-state index < -0.39 is 6.23 Å². The molecule has 0 spiro atoms. The SMILES string of the molecule is Nc1nc(OC/C=C/c2ccccc2)c2sc(=O)n([C@H]3CC[C@@H](CO)O3)c2n1. The minimum Gasteiger partial charge on any atom is -0.472 e. The molecule has 3 heterocycles. The molecule has 0 aliphatic carbocycles. The highest BCUT2D eigenvalue weighted by Gasteiger charge is 2.30. The largest absolute Gasteiger partial charge is 0.472 e. The van der Waals surface area contributed by atoms with Gasteiger partial charge in [-0.1, -0.05) is 47.7 Å². The number of nitrogen functional groups attached to an aromatic ring is 1. The van der Waals surface area contributed by atoms with E-state index >= 15 is 0 Å². The smallest absolute Gasteiger partial charge is 0.311 e. The van der Waals surface area contributed by atoms with Crippen LogP contribution in [0.15, 0.2) is 41.2 Å². The second-order valence-electron chi connectivity index (χ2n) is 6.37. The summed E-state index contributed by atoms with van der Waals surface area (Å²) in [7, 11) is 0. The Labute approximate surface area is 164 Å². The van der Waals surface area contributed by atoms with Gasteiger partial charge in [-0.3, -0.25) is 9.36 Å². The van der Waals surface area contributed by atoms with Gasteiger partial charge < -0.3 is 20.3 Å². The number of hydrogen-bond acceptors (Lipinski definition) is 8. The quantitative estimate of drug-likeness (QED) is 0.652. The molecule has 0 bridgehead atoms. The molecular weight excluding hydrogens is 380 g/mol. The summed E-state index contributed by atoms with van der Waals surface area (Å²) in [6, 6.07) is 9.86. The van der Waals surface area contributed by atoms with Gasteiger partial charge >= 0.3 is 4.87 Å². The number of fused-ring (bicyclic) bond motifs is 1. The van der Waals surface area contributed by atoms with E-state index in [0.29, 0.717) is 23.2 Å². The molecule has 3 N–H and O–H groups in total. The summed E-state index contributed by atoms with van der Waals surface area (Å²) in [5, 5.41) is 9.27. The Kier molecular flexibility index (Phi) is 5.38. The van der Waals surface area contributed by atoms with Crippen molar-refractivity contribution in [3.63, 3.8) is 0 Å². The summed E-state index contributed by atoms with van der Waals surface area (Å²) in [5.41, 5.74) is 7.30. The number of nitrogens with two attached hydrogens (primary N) is 1. The van der Waals surface area contributed by atoms with Gasteiger partial charge in [-0.2, -0.15) is 9.97 Å². The third-order valence-electron chi connectivity index (χ3n) is 4.45. The zero-order valence-corrected chi connectivity index (χ0v) is 15.8. The van der Waals surface area contributed by atoms with E-state index in [1.54, 1.807) is 0 Å². The number of aliphatic hydroxyl groups excluding tert-OH is 1. The number of aromatic nitrogens is 3. The molecule has 1 aliphatic heterocycles. The molecule has 0 saturated carbocycles. The average molecular weight is 400 g/mol. The van der Waals surface area contributed by atoms with Gasteiger partial charge in [0, 0.05) is 0 Å². The molecule has 2 aromatic heterocycles. The Hall–Kier alpha value is -2.75. The van der Waals surface area contributed by atoms with Crippen molar-refractivity contribution in [1.29, 1.82) is 0 Å². The normalized spacial score (nSPS) is 19.6. The lowest BCUT2D eigenvalue weighted by Gasteiger charge is -2.13. The minimum absolute atomic E-state index is 0.0257. The highest BCUT2D eigenvalue weighted by molar-refractivity contribution is 7.16. The fourth-order valence-electron chi connectivity index (χ4n) is 3.15. The summed E-state index contributed by atoms with van der Waals surface area (Å²) < 4.78 is 13.5. The second kappa shape index (κ2) is 8.09. The lowest BCUT2D eigenvalue weighted by molar-refractivity contribution is -0.0214. The van der Waals surface area contributed by atoms with Crippen molar-refractivity contribution < 1.29 is 14.6 Å². The van der Waals surface area contributed by atoms with Crippen LogP contribution in [-0.4, -0.2) is 39.0 Å². The van der Waals surface area contributed by atoms with Crippen molar-refractivity contribution in [2.75, 3.05) is 18.9 Å². The molecular formula is C19H20N4O4S. The molecule has 8 nitrogen and oxygen atoms in total. The van der Waals surface area contributed by atoms with Crippen LogP contribution in [0.4, 0.5) is 5.95 Å². The van der Waals surface area contributed by atoms with Crippen LogP contribution in [0.1, 0.15) is 24.6 Å². The van der Waals surface area contributed by atoms with Gasteiger partial charge in [-0.15, -0.1) is 0 Å². The molecule has 2 atom stereocenters. The van der Waals surface area contributed by atoms with Crippen LogP contribution in [0.2, 0.25) is 0 Å². The highest BCUT2D eigenvalue weighted by atomic mass is 32.1. The van der Waals surface area contributed by atoms with E-state index in [2.05, 4.69) is 9.97 Å². The van der Waals surface area contributed by atoms with Crippen LogP contribution in [0.25, 0.3) is 16.4 Å². The van der Waals surface area contributed by atoms with E-state index in [4.69, 9.17) is 15.2 Å². The predicted octanol–water partition coefficient (Wildman–Crippen LogP) is 2.20. The lowest BCUT2D eigenvalue weighted by Crippen LogP contribution is -2.21. The van der Waals surface area contributed by atoms with E-state index in [1.165, 1.54) is 4.57 Å². The van der Waals surface area contributed by atoms with Gasteiger partial charge in [0.1, 0.15) is 17.5 Å². The van der Waals surface area contributed by atoms with E-state index in [-0.39, 0.29) is 36.0 Å². The molecule has 0 unspecified atom stereocenters. The lowest BCUT2D eigenvalue weighted by atomic mass is 10.2. The first-order valence-corrected chi connectivity index (χ1v) is 9.76. The van der Waals surface area contributed by atoms with Crippen LogP contribution in [0.3, 0.4) is 0 Å². The summed E-state index contributed by atoms with van der Waals surface area (Å²) in [6.45, 7) is 0.200. The van der Waals surface area contributed by atoms with Crippen LogP contribution >= 0.6 is 11.3 Å². The zero-order valence-electron chi connectivity index (χ0n) is 15.0. The summed E-state index contributed by atoms with van der Waals surface area (Å²) in [4.78, 5) is 20.7. The third kappa shape index (κ3) is 3.77. The van der Waals surface area contributed by atoms with Crippen molar-refractivity contribution >= 4 is 33.7 Å². The van der Waals surface area contributed by atoms with Crippen LogP contribution < -0.4 is 15.3 Å². The summed E-state index contributed by atoms with van der Waals surface area (Å²) in [6.07, 6.45) is 4.36. The van der Waals surface area contributed by atoms with Gasteiger partial charge in [0.15, 0.2) is 5.65 Å². The molecule has 0 radical (unpaired) electrons. The fourth-order valence-corrected chi connectivity index (χ4v) is 4.05. The second-order valence-corrected chi connectivity index (χ2v) is 7.34. The predicted molar refractivity (Wildman–Crippen MR) is 107 cm³/mol. The van der Waals surface area contributed by atoms with Crippen molar-refractivity contribution in [1.82, 2.24) is 14.5 Å². The number of aliphatic hydroxyl groups is 1. The average Bonchev–Trinajstić information content (AvgIpc) is 3.29. The Balaban J connectivity index is 1.58. The monoisotopic (exact) mass is 400 g/mol. The molecule has 1 fully saturated rings. The molecule has 1 aromatic carbocycles.